The number of aliphatic imine (C=N–C) groups is 2. The molecule has 0 saturated heterocycles. The second-order valence-corrected chi connectivity index (χ2v) is 7.04. The van der Waals surface area contributed by atoms with E-state index in [1.807, 2.05) is 19.3 Å². The maximum Gasteiger partial charge on any atom is 0.117 e. The minimum absolute atomic E-state index is 0. The Balaban J connectivity index is 0.00000105. The molecule has 0 spiro atoms. The fourth-order valence-corrected chi connectivity index (χ4v) is 3.91. The van der Waals surface area contributed by atoms with Crippen molar-refractivity contribution in [2.24, 2.45) is 9.98 Å². The number of carbonyl (C=O) groups excluding carboxylic acids is 3. The zero-order valence-electron chi connectivity index (χ0n) is 20.4. The molecule has 2 heterocycles. The number of benzene rings is 2. The van der Waals surface area contributed by atoms with Crippen LogP contribution in [-0.4, -0.2) is 37.8 Å². The van der Waals surface area contributed by atoms with Gasteiger partial charge in [-0.3, -0.25) is 30.3 Å². The van der Waals surface area contributed by atoms with Crippen molar-refractivity contribution in [3.05, 3.63) is 115 Å². The van der Waals surface area contributed by atoms with Crippen molar-refractivity contribution in [3.8, 4) is 11.1 Å². The van der Waals surface area contributed by atoms with E-state index in [1.165, 1.54) is 33.4 Å². The fourth-order valence-electron chi connectivity index (χ4n) is 3.91. The molecule has 2 aliphatic rings. The molecule has 1 radical (unpaired) electrons. The molecule has 1 aliphatic heterocycles. The summed E-state index contributed by atoms with van der Waals surface area (Å²) in [6.45, 7) is 11.6. The number of hydrogen-bond donors (Lipinski definition) is 0. The molecule has 37 heavy (non-hydrogen) atoms. The normalized spacial score (nSPS) is 13.8. The maximum absolute atomic E-state index is 7.75. The molecule has 2 aromatic carbocycles. The number of aromatic nitrogens is 1. The first kappa shape index (κ1) is 33.0. The average molecular weight is 664 g/mol. The van der Waals surface area contributed by atoms with Crippen LogP contribution in [-0.2, 0) is 41.2 Å². The van der Waals surface area contributed by atoms with Crippen molar-refractivity contribution < 1.29 is 34.8 Å². The quantitative estimate of drug-likeness (QED) is 0.206. The summed E-state index contributed by atoms with van der Waals surface area (Å²) in [5.41, 5.74) is 8.63. The topological polar surface area (TPSA) is 88.8 Å². The van der Waals surface area contributed by atoms with Crippen molar-refractivity contribution in [1.29, 1.82) is 0 Å². The van der Waals surface area contributed by atoms with Gasteiger partial charge in [-0.1, -0.05) is 73.7 Å². The van der Waals surface area contributed by atoms with Crippen LogP contribution < -0.4 is 0 Å². The molecule has 0 amide bonds. The fraction of sp³-hybridized carbons (Fsp3) is 0.100. The Hall–Kier alpha value is -4.05. The zero-order chi connectivity index (χ0) is 26.8. The summed E-state index contributed by atoms with van der Waals surface area (Å²) in [5, 5.41) is 0. The Morgan fingerprint density at radius 1 is 0.892 bits per heavy atom. The van der Waals surface area contributed by atoms with Gasteiger partial charge >= 0.3 is 0 Å². The van der Waals surface area contributed by atoms with Gasteiger partial charge < -0.3 is 19.4 Å². The van der Waals surface area contributed by atoms with E-state index >= 15 is 0 Å². The smallest absolute Gasteiger partial charge is 0.117 e. The number of hydrogen-bond acceptors (Lipinski definition) is 6. The van der Waals surface area contributed by atoms with Gasteiger partial charge in [0, 0.05) is 32.8 Å². The third-order valence-electron chi connectivity index (χ3n) is 5.31. The van der Waals surface area contributed by atoms with E-state index in [-0.39, 0.29) is 26.5 Å². The van der Waals surface area contributed by atoms with Gasteiger partial charge in [-0.15, -0.1) is 0 Å². The van der Waals surface area contributed by atoms with Crippen LogP contribution in [0.25, 0.3) is 16.7 Å². The Labute approximate surface area is 232 Å². The number of rotatable bonds is 2. The molecule has 7 heteroatoms. The van der Waals surface area contributed by atoms with Crippen LogP contribution in [0.5, 0.6) is 0 Å². The van der Waals surface area contributed by atoms with Gasteiger partial charge in [0.15, 0.2) is 0 Å². The van der Waals surface area contributed by atoms with Gasteiger partial charge in [0.2, 0.25) is 0 Å². The number of fused-ring (bicyclic) bond motifs is 3. The second kappa shape index (κ2) is 19.2. The van der Waals surface area contributed by atoms with Crippen LogP contribution in [0.4, 0.5) is 0 Å². The van der Waals surface area contributed by atoms with Gasteiger partial charge in [0.05, 0.1) is 5.69 Å². The molecular weight excluding hydrogens is 637 g/mol. The van der Waals surface area contributed by atoms with E-state index < -0.39 is 0 Å². The first-order chi connectivity index (χ1) is 17.8. The summed E-state index contributed by atoms with van der Waals surface area (Å²) < 4.78 is 0. The molecule has 0 saturated carbocycles. The van der Waals surface area contributed by atoms with Crippen LogP contribution in [0.15, 0.2) is 101 Å². The number of pyridine rings is 1. The first-order valence-electron chi connectivity index (χ1n) is 10.8. The minimum atomic E-state index is -0.0115. The average Bonchev–Trinajstić information content (AvgIpc) is 3.00. The molecule has 6 nitrogen and oxygen atoms in total. The van der Waals surface area contributed by atoms with E-state index in [1.54, 1.807) is 6.21 Å². The molecule has 1 unspecified atom stereocenters. The van der Waals surface area contributed by atoms with E-state index in [2.05, 4.69) is 111 Å². The molecule has 191 valence electrons. The van der Waals surface area contributed by atoms with Crippen LogP contribution in [0.1, 0.15) is 29.8 Å². The Kier molecular flexibility index (Phi) is 17.1. The Morgan fingerprint density at radius 3 is 1.97 bits per heavy atom. The van der Waals surface area contributed by atoms with E-state index in [0.29, 0.717) is 0 Å². The third kappa shape index (κ3) is 8.54. The molecule has 5 rings (SSSR count). The molecular formula is C30H27N3O3Re-4. The molecule has 0 N–H and O–H groups in total. The van der Waals surface area contributed by atoms with Crippen LogP contribution in [0.3, 0.4) is 0 Å². The number of allylic oxidation sites excluding steroid dienone is 2. The van der Waals surface area contributed by atoms with Crippen molar-refractivity contribution in [2.75, 3.05) is 0 Å². The van der Waals surface area contributed by atoms with Crippen molar-refractivity contribution in [1.82, 2.24) is 4.98 Å². The predicted octanol–water partition coefficient (Wildman–Crippen LogP) is 5.48. The summed E-state index contributed by atoms with van der Waals surface area (Å²) in [7, 11) is 3.17. The monoisotopic (exact) mass is 664 g/mol. The summed E-state index contributed by atoms with van der Waals surface area (Å²) in [6.07, 6.45) is 10.8. The molecule has 0 bridgehead atoms. The molecule has 1 atom stereocenters. The number of dihydropyridines is 1. The second-order valence-electron chi connectivity index (χ2n) is 7.04. The van der Waals surface area contributed by atoms with Gasteiger partial charge in [0.1, 0.15) is 6.04 Å². The number of nitrogens with zero attached hydrogens (tertiary/aromatic N) is 3. The van der Waals surface area contributed by atoms with E-state index in [0.717, 1.165) is 12.1 Å². The van der Waals surface area contributed by atoms with E-state index in [9.17, 15) is 0 Å². The van der Waals surface area contributed by atoms with Crippen LogP contribution >= 0.6 is 0 Å². The van der Waals surface area contributed by atoms with Gasteiger partial charge in [0.25, 0.3) is 0 Å². The standard InChI is InChI=1S/C24H18N2.C3H6N.3CHO.Re/c1-3-7-17(8-4-1)19-13-15-25-23-21(19)11-12-22-20(14-16-26-24(22)23)18-9-5-2-6-10-18;1-3-4-2;3*1-2;/h1-11,13-16,23H,12H2;3H,2H2,1H3;3*1H;/q;4*-1;. The zero-order valence-corrected chi connectivity index (χ0v) is 23.1. The summed E-state index contributed by atoms with van der Waals surface area (Å²) >= 11 is 0. The Bertz CT molecular complexity index is 1180. The largest absolute Gasteiger partial charge is 0.545 e. The molecule has 0 fully saturated rings. The van der Waals surface area contributed by atoms with Crippen LogP contribution in [0.2, 0.25) is 0 Å². The van der Waals surface area contributed by atoms with Crippen LogP contribution in [0, 0.1) is 7.05 Å². The molecule has 1 aliphatic carbocycles. The van der Waals surface area contributed by atoms with Crippen molar-refractivity contribution in [2.45, 2.75) is 19.4 Å². The summed E-state index contributed by atoms with van der Waals surface area (Å²) in [4.78, 5) is 36.1. The maximum atomic E-state index is 7.75. The summed E-state index contributed by atoms with van der Waals surface area (Å²) in [6, 6.07) is 23.2. The van der Waals surface area contributed by atoms with E-state index in [4.69, 9.17) is 24.4 Å². The van der Waals surface area contributed by atoms with Gasteiger partial charge in [-0.05, 0) is 52.0 Å². The predicted molar refractivity (Wildman–Crippen MR) is 147 cm³/mol. The summed E-state index contributed by atoms with van der Waals surface area (Å²) in [5.74, 6) is 0. The van der Waals surface area contributed by atoms with Gasteiger partial charge in [-0.2, -0.15) is 13.3 Å². The van der Waals surface area contributed by atoms with Gasteiger partial charge in [-0.25, -0.2) is 0 Å². The molecule has 3 aromatic rings. The Morgan fingerprint density at radius 2 is 1.43 bits per heavy atom. The minimum Gasteiger partial charge on any atom is -0.545 e. The SMILES string of the molecule is C1=NC2C(=CCc3c(-c4ccccc4)ccnc32)C(c2ccccc2)=C1.[CH-]=O.[CH-]=O.[CH-]=O.[CH2-]N=CC.[Re]. The first-order valence-corrected chi connectivity index (χ1v) is 10.8. The van der Waals surface area contributed by atoms with Crippen molar-refractivity contribution >= 4 is 38.4 Å². The molecule has 1 aromatic heterocycles. The van der Waals surface area contributed by atoms with Crippen molar-refractivity contribution in [3.63, 3.8) is 0 Å². The third-order valence-corrected chi connectivity index (χ3v) is 5.31.